The van der Waals surface area contributed by atoms with Gasteiger partial charge in [0.05, 0.1) is 4.99 Å². The summed E-state index contributed by atoms with van der Waals surface area (Å²) in [5.41, 5.74) is 7.31. The summed E-state index contributed by atoms with van der Waals surface area (Å²) in [6.07, 6.45) is 0. The second-order valence-corrected chi connectivity index (χ2v) is 4.83. The molecule has 0 heterocycles. The van der Waals surface area contributed by atoms with Gasteiger partial charge in [-0.25, -0.2) is 0 Å². The fraction of sp³-hybridized carbons (Fsp3) is 0.385. The van der Waals surface area contributed by atoms with Crippen LogP contribution in [-0.2, 0) is 0 Å². The summed E-state index contributed by atoms with van der Waals surface area (Å²) in [7, 11) is 1.76. The van der Waals surface area contributed by atoms with Crippen molar-refractivity contribution in [1.82, 2.24) is 4.90 Å². The third kappa shape index (κ3) is 3.82. The second kappa shape index (κ2) is 5.77. The van der Waals surface area contributed by atoms with Gasteiger partial charge in [-0.3, -0.25) is 4.79 Å². The van der Waals surface area contributed by atoms with E-state index in [9.17, 15) is 4.79 Å². The molecule has 17 heavy (non-hydrogen) atoms. The largest absolute Gasteiger partial charge is 0.393 e. The van der Waals surface area contributed by atoms with Crippen molar-refractivity contribution in [3.8, 4) is 0 Å². The van der Waals surface area contributed by atoms with Crippen molar-refractivity contribution >= 4 is 23.1 Å². The maximum absolute atomic E-state index is 12.1. The highest BCUT2D eigenvalue weighted by atomic mass is 32.1. The van der Waals surface area contributed by atoms with Crippen LogP contribution in [0.5, 0.6) is 0 Å². The molecule has 0 aliphatic rings. The number of hydrogen-bond acceptors (Lipinski definition) is 2. The number of carbonyl (C=O) groups is 1. The van der Waals surface area contributed by atoms with Crippen LogP contribution < -0.4 is 5.73 Å². The number of aryl methyl sites for hydroxylation is 1. The van der Waals surface area contributed by atoms with E-state index >= 15 is 0 Å². The highest BCUT2D eigenvalue weighted by molar-refractivity contribution is 7.80. The topological polar surface area (TPSA) is 46.3 Å². The van der Waals surface area contributed by atoms with Crippen molar-refractivity contribution in [2.24, 2.45) is 11.7 Å². The summed E-state index contributed by atoms with van der Waals surface area (Å²) in [5, 5.41) is 0. The summed E-state index contributed by atoms with van der Waals surface area (Å²) >= 11 is 4.90. The summed E-state index contributed by atoms with van der Waals surface area (Å²) in [5.74, 6) is 0.0283. The first kappa shape index (κ1) is 13.6. The van der Waals surface area contributed by atoms with Gasteiger partial charge in [-0.15, -0.1) is 0 Å². The van der Waals surface area contributed by atoms with Crippen LogP contribution in [0.25, 0.3) is 0 Å². The minimum atomic E-state index is -0.00296. The van der Waals surface area contributed by atoms with Crippen molar-refractivity contribution in [3.63, 3.8) is 0 Å². The zero-order valence-corrected chi connectivity index (χ0v) is 11.3. The molecule has 1 rings (SSSR count). The number of nitrogens with two attached hydrogens (primary N) is 1. The molecule has 0 spiro atoms. The molecule has 3 nitrogen and oxygen atoms in total. The molecule has 1 aromatic rings. The van der Waals surface area contributed by atoms with Gasteiger partial charge in [-0.05, 0) is 19.1 Å². The normalized spacial score (nSPS) is 11.9. The van der Waals surface area contributed by atoms with Crippen LogP contribution in [0.3, 0.4) is 0 Å². The number of thiocarbonyl (C=S) groups is 1. The quantitative estimate of drug-likeness (QED) is 0.831. The van der Waals surface area contributed by atoms with E-state index in [2.05, 4.69) is 0 Å². The molecule has 2 N–H and O–H groups in total. The van der Waals surface area contributed by atoms with Gasteiger partial charge in [-0.2, -0.15) is 0 Å². The molecule has 0 aliphatic carbocycles. The van der Waals surface area contributed by atoms with Crippen LogP contribution >= 0.6 is 12.2 Å². The summed E-state index contributed by atoms with van der Waals surface area (Å²) in [4.78, 5) is 14.2. The zero-order chi connectivity index (χ0) is 13.0. The summed E-state index contributed by atoms with van der Waals surface area (Å²) in [6.45, 7) is 4.43. The molecule has 0 saturated heterocycles. The molecule has 4 heteroatoms. The van der Waals surface area contributed by atoms with E-state index in [0.717, 1.165) is 5.56 Å². The molecule has 92 valence electrons. The molecule has 0 radical (unpaired) electrons. The van der Waals surface area contributed by atoms with E-state index in [-0.39, 0.29) is 11.8 Å². The van der Waals surface area contributed by atoms with Gasteiger partial charge >= 0.3 is 0 Å². The lowest BCUT2D eigenvalue weighted by molar-refractivity contribution is 0.0787. The molecule has 1 aromatic carbocycles. The fourth-order valence-electron chi connectivity index (χ4n) is 1.58. The monoisotopic (exact) mass is 250 g/mol. The zero-order valence-electron chi connectivity index (χ0n) is 10.4. The number of amides is 1. The minimum Gasteiger partial charge on any atom is -0.393 e. The Morgan fingerprint density at radius 2 is 2.18 bits per heavy atom. The molecule has 0 fully saturated rings. The van der Waals surface area contributed by atoms with E-state index in [4.69, 9.17) is 18.0 Å². The molecule has 0 saturated carbocycles. The van der Waals surface area contributed by atoms with Gasteiger partial charge in [0.15, 0.2) is 0 Å². The molecular weight excluding hydrogens is 232 g/mol. The summed E-state index contributed by atoms with van der Waals surface area (Å²) in [6, 6.07) is 7.54. The van der Waals surface area contributed by atoms with Gasteiger partial charge in [0.2, 0.25) is 0 Å². The maximum atomic E-state index is 12.1. The van der Waals surface area contributed by atoms with Crippen molar-refractivity contribution in [2.45, 2.75) is 13.8 Å². The lowest BCUT2D eigenvalue weighted by atomic mass is 10.1. The first-order valence-corrected chi connectivity index (χ1v) is 5.94. The Hall–Kier alpha value is -1.42. The molecule has 1 unspecified atom stereocenters. The average molecular weight is 250 g/mol. The number of carbonyl (C=O) groups excluding carboxylic acids is 1. The molecular formula is C13H18N2OS. The van der Waals surface area contributed by atoms with Crippen molar-refractivity contribution < 1.29 is 4.79 Å². The Morgan fingerprint density at radius 1 is 1.53 bits per heavy atom. The van der Waals surface area contributed by atoms with Gasteiger partial charge in [0.1, 0.15) is 0 Å². The highest BCUT2D eigenvalue weighted by Gasteiger charge is 2.15. The SMILES string of the molecule is Cc1cccc(C(=O)N(C)CC(C)C(N)=S)c1. The molecule has 1 amide bonds. The maximum Gasteiger partial charge on any atom is 0.253 e. The number of benzene rings is 1. The Balaban J connectivity index is 2.73. The number of hydrogen-bond donors (Lipinski definition) is 1. The Kier molecular flexibility index (Phi) is 4.63. The molecule has 1 atom stereocenters. The van der Waals surface area contributed by atoms with Crippen molar-refractivity contribution in [2.75, 3.05) is 13.6 Å². The van der Waals surface area contributed by atoms with Crippen LogP contribution in [0, 0.1) is 12.8 Å². The Bertz CT molecular complexity index is 431. The smallest absolute Gasteiger partial charge is 0.253 e. The van der Waals surface area contributed by atoms with Crippen LogP contribution in [0.15, 0.2) is 24.3 Å². The predicted octanol–water partition coefficient (Wildman–Crippen LogP) is 1.99. The van der Waals surface area contributed by atoms with Crippen LogP contribution in [0.2, 0.25) is 0 Å². The fourth-order valence-corrected chi connectivity index (χ4v) is 1.66. The van der Waals surface area contributed by atoms with E-state index < -0.39 is 0 Å². The van der Waals surface area contributed by atoms with Crippen LogP contribution in [0.4, 0.5) is 0 Å². The van der Waals surface area contributed by atoms with Gasteiger partial charge in [-0.1, -0.05) is 36.8 Å². The van der Waals surface area contributed by atoms with E-state index in [1.54, 1.807) is 11.9 Å². The van der Waals surface area contributed by atoms with Crippen LogP contribution in [0.1, 0.15) is 22.8 Å². The van der Waals surface area contributed by atoms with Gasteiger partial charge < -0.3 is 10.6 Å². The standard InChI is InChI=1S/C13H18N2OS/c1-9-5-4-6-11(7-9)13(16)15(3)8-10(2)12(14)17/h4-7,10H,8H2,1-3H3,(H2,14,17). The number of nitrogens with zero attached hydrogens (tertiary/aromatic N) is 1. The number of rotatable bonds is 4. The first-order valence-electron chi connectivity index (χ1n) is 5.53. The van der Waals surface area contributed by atoms with E-state index in [0.29, 0.717) is 17.1 Å². The lowest BCUT2D eigenvalue weighted by Crippen LogP contribution is -2.35. The van der Waals surface area contributed by atoms with Crippen molar-refractivity contribution in [1.29, 1.82) is 0 Å². The third-order valence-corrected chi connectivity index (χ3v) is 3.05. The predicted molar refractivity (Wildman–Crippen MR) is 74.1 cm³/mol. The van der Waals surface area contributed by atoms with Crippen LogP contribution in [-0.4, -0.2) is 29.4 Å². The van der Waals surface area contributed by atoms with Gasteiger partial charge in [0, 0.05) is 25.1 Å². The summed E-state index contributed by atoms with van der Waals surface area (Å²) < 4.78 is 0. The molecule has 0 aliphatic heterocycles. The second-order valence-electron chi connectivity index (χ2n) is 4.36. The van der Waals surface area contributed by atoms with E-state index in [1.807, 2.05) is 38.1 Å². The van der Waals surface area contributed by atoms with Crippen molar-refractivity contribution in [3.05, 3.63) is 35.4 Å². The van der Waals surface area contributed by atoms with Gasteiger partial charge in [0.25, 0.3) is 5.91 Å². The Morgan fingerprint density at radius 3 is 2.71 bits per heavy atom. The lowest BCUT2D eigenvalue weighted by Gasteiger charge is -2.21. The molecule has 0 bridgehead atoms. The average Bonchev–Trinajstić information content (AvgIpc) is 2.27. The first-order chi connectivity index (χ1) is 7.91. The van der Waals surface area contributed by atoms with E-state index in [1.165, 1.54) is 0 Å². The minimum absolute atomic E-state index is 0.00296. The Labute approximate surface area is 108 Å². The highest BCUT2D eigenvalue weighted by Crippen LogP contribution is 2.08. The third-order valence-electron chi connectivity index (χ3n) is 2.65. The molecule has 0 aromatic heterocycles.